The molecule has 0 fully saturated rings. The SMILES string of the molecule is CCOc1ccc(-c2nc(-c3cccc4c3CCC4NCCO)no2)cc1C#N. The lowest BCUT2D eigenvalue weighted by molar-refractivity contribution is 0.284. The van der Waals surface area contributed by atoms with Crippen LogP contribution in [-0.4, -0.2) is 35.0 Å². The van der Waals surface area contributed by atoms with Crippen LogP contribution >= 0.6 is 0 Å². The summed E-state index contributed by atoms with van der Waals surface area (Å²) in [6.45, 7) is 3.06. The molecule has 148 valence electrons. The molecule has 0 saturated heterocycles. The summed E-state index contributed by atoms with van der Waals surface area (Å²) < 4.78 is 11.0. The second kappa shape index (κ2) is 8.43. The second-order valence-electron chi connectivity index (χ2n) is 6.82. The summed E-state index contributed by atoms with van der Waals surface area (Å²) in [4.78, 5) is 4.58. The number of benzene rings is 2. The Bertz CT molecular complexity index is 1050. The smallest absolute Gasteiger partial charge is 0.258 e. The van der Waals surface area contributed by atoms with Crippen molar-refractivity contribution in [3.8, 4) is 34.7 Å². The fourth-order valence-electron chi connectivity index (χ4n) is 3.80. The molecule has 1 unspecified atom stereocenters. The van der Waals surface area contributed by atoms with Gasteiger partial charge in [-0.1, -0.05) is 23.4 Å². The average Bonchev–Trinajstić information content (AvgIpc) is 3.40. The van der Waals surface area contributed by atoms with E-state index in [0.29, 0.717) is 41.7 Å². The molecule has 0 bridgehead atoms. The summed E-state index contributed by atoms with van der Waals surface area (Å²) >= 11 is 0. The number of aliphatic hydroxyl groups is 1. The molecule has 3 aromatic rings. The van der Waals surface area contributed by atoms with E-state index in [0.717, 1.165) is 18.4 Å². The molecule has 1 atom stereocenters. The van der Waals surface area contributed by atoms with Crippen LogP contribution in [0.15, 0.2) is 40.9 Å². The largest absolute Gasteiger partial charge is 0.492 e. The Morgan fingerprint density at radius 1 is 1.34 bits per heavy atom. The first-order chi connectivity index (χ1) is 14.2. The zero-order valence-electron chi connectivity index (χ0n) is 16.2. The predicted molar refractivity (Wildman–Crippen MR) is 107 cm³/mol. The Morgan fingerprint density at radius 3 is 3.03 bits per heavy atom. The van der Waals surface area contributed by atoms with Gasteiger partial charge in [-0.25, -0.2) is 0 Å². The minimum absolute atomic E-state index is 0.118. The minimum Gasteiger partial charge on any atom is -0.492 e. The van der Waals surface area contributed by atoms with Gasteiger partial charge in [0.2, 0.25) is 5.82 Å². The number of ether oxygens (including phenoxy) is 1. The van der Waals surface area contributed by atoms with Crippen molar-refractivity contribution in [3.63, 3.8) is 0 Å². The van der Waals surface area contributed by atoms with E-state index in [9.17, 15) is 5.26 Å². The van der Waals surface area contributed by atoms with Crippen LogP contribution in [0, 0.1) is 11.3 Å². The van der Waals surface area contributed by atoms with Crippen molar-refractivity contribution in [1.82, 2.24) is 15.5 Å². The summed E-state index contributed by atoms with van der Waals surface area (Å²) in [5, 5.41) is 26.0. The quantitative estimate of drug-likeness (QED) is 0.638. The van der Waals surface area contributed by atoms with Crippen LogP contribution in [0.3, 0.4) is 0 Å². The highest BCUT2D eigenvalue weighted by Crippen LogP contribution is 2.37. The monoisotopic (exact) mass is 390 g/mol. The van der Waals surface area contributed by atoms with Gasteiger partial charge >= 0.3 is 0 Å². The highest BCUT2D eigenvalue weighted by molar-refractivity contribution is 5.67. The van der Waals surface area contributed by atoms with Gasteiger partial charge in [0.1, 0.15) is 11.8 Å². The summed E-state index contributed by atoms with van der Waals surface area (Å²) in [6, 6.07) is 13.7. The lowest BCUT2D eigenvalue weighted by Gasteiger charge is -2.13. The average molecular weight is 390 g/mol. The van der Waals surface area contributed by atoms with Gasteiger partial charge in [-0.3, -0.25) is 0 Å². The highest BCUT2D eigenvalue weighted by atomic mass is 16.5. The molecule has 0 saturated carbocycles. The van der Waals surface area contributed by atoms with Crippen LogP contribution in [-0.2, 0) is 6.42 Å². The molecular weight excluding hydrogens is 368 g/mol. The van der Waals surface area contributed by atoms with E-state index >= 15 is 0 Å². The van der Waals surface area contributed by atoms with Crippen molar-refractivity contribution in [3.05, 3.63) is 53.1 Å². The van der Waals surface area contributed by atoms with E-state index in [4.69, 9.17) is 14.4 Å². The maximum atomic E-state index is 9.37. The van der Waals surface area contributed by atoms with E-state index in [-0.39, 0.29) is 12.6 Å². The van der Waals surface area contributed by atoms with Crippen molar-refractivity contribution >= 4 is 0 Å². The van der Waals surface area contributed by atoms with E-state index in [1.807, 2.05) is 25.1 Å². The van der Waals surface area contributed by atoms with Crippen molar-refractivity contribution in [2.24, 2.45) is 0 Å². The molecule has 1 aromatic heterocycles. The molecule has 0 aliphatic heterocycles. The zero-order valence-corrected chi connectivity index (χ0v) is 16.2. The van der Waals surface area contributed by atoms with E-state index in [1.54, 1.807) is 12.1 Å². The standard InChI is InChI=1S/C22H22N4O3/c1-2-28-20-9-6-14(12-15(20)13-23)22-25-21(26-29-22)18-5-3-4-17-16(18)7-8-19(17)24-10-11-27/h3-6,9,12,19,24,27H,2,7-8,10-11H2,1H3. The summed E-state index contributed by atoms with van der Waals surface area (Å²) in [5.74, 6) is 1.44. The maximum absolute atomic E-state index is 9.37. The van der Waals surface area contributed by atoms with Crippen molar-refractivity contribution in [2.45, 2.75) is 25.8 Å². The van der Waals surface area contributed by atoms with Gasteiger partial charge in [0.25, 0.3) is 5.89 Å². The molecule has 1 aliphatic rings. The summed E-state index contributed by atoms with van der Waals surface area (Å²) in [7, 11) is 0. The van der Waals surface area contributed by atoms with Gasteiger partial charge < -0.3 is 19.7 Å². The molecule has 29 heavy (non-hydrogen) atoms. The molecule has 7 heteroatoms. The van der Waals surface area contributed by atoms with Gasteiger partial charge in [0.05, 0.1) is 18.8 Å². The Morgan fingerprint density at radius 2 is 2.24 bits per heavy atom. The Hall–Kier alpha value is -3.21. The number of fused-ring (bicyclic) bond motifs is 1. The Kier molecular flexibility index (Phi) is 5.56. The first kappa shape index (κ1) is 19.1. The van der Waals surface area contributed by atoms with Crippen LogP contribution in [0.2, 0.25) is 0 Å². The first-order valence-corrected chi connectivity index (χ1v) is 9.72. The Labute approximate surface area is 168 Å². The second-order valence-corrected chi connectivity index (χ2v) is 6.82. The van der Waals surface area contributed by atoms with Crippen LogP contribution in [0.4, 0.5) is 0 Å². The van der Waals surface area contributed by atoms with Crippen LogP contribution < -0.4 is 10.1 Å². The molecule has 0 spiro atoms. The molecule has 2 N–H and O–H groups in total. The highest BCUT2D eigenvalue weighted by Gasteiger charge is 2.26. The van der Waals surface area contributed by atoms with Crippen molar-refractivity contribution < 1.29 is 14.4 Å². The maximum Gasteiger partial charge on any atom is 0.258 e. The lowest BCUT2D eigenvalue weighted by atomic mass is 10.0. The number of hydrogen-bond donors (Lipinski definition) is 2. The van der Waals surface area contributed by atoms with Gasteiger partial charge in [-0.15, -0.1) is 0 Å². The number of nitriles is 1. The number of hydrogen-bond acceptors (Lipinski definition) is 7. The summed E-state index contributed by atoms with van der Waals surface area (Å²) in [5.41, 5.74) is 4.49. The molecular formula is C22H22N4O3. The molecule has 0 amide bonds. The van der Waals surface area contributed by atoms with Crippen LogP contribution in [0.1, 0.15) is 36.1 Å². The van der Waals surface area contributed by atoms with Gasteiger partial charge in [0.15, 0.2) is 0 Å². The zero-order chi connectivity index (χ0) is 20.2. The molecule has 7 nitrogen and oxygen atoms in total. The lowest BCUT2D eigenvalue weighted by Crippen LogP contribution is -2.22. The van der Waals surface area contributed by atoms with Crippen molar-refractivity contribution in [2.75, 3.05) is 19.8 Å². The third kappa shape index (κ3) is 3.73. The number of nitrogens with zero attached hydrogens (tertiary/aromatic N) is 3. The molecule has 1 heterocycles. The normalized spacial score (nSPS) is 15.1. The van der Waals surface area contributed by atoms with Gasteiger partial charge in [0, 0.05) is 23.7 Å². The Balaban J connectivity index is 1.64. The molecule has 1 aliphatic carbocycles. The number of nitrogens with one attached hydrogen (secondary N) is 1. The van der Waals surface area contributed by atoms with E-state index in [1.165, 1.54) is 11.1 Å². The molecule has 0 radical (unpaired) electrons. The van der Waals surface area contributed by atoms with E-state index < -0.39 is 0 Å². The van der Waals surface area contributed by atoms with Crippen molar-refractivity contribution in [1.29, 1.82) is 5.26 Å². The van der Waals surface area contributed by atoms with E-state index in [2.05, 4.69) is 27.6 Å². The fraction of sp³-hybridized carbons (Fsp3) is 0.318. The third-order valence-corrected chi connectivity index (χ3v) is 5.09. The molecule has 4 rings (SSSR count). The van der Waals surface area contributed by atoms with Gasteiger partial charge in [-0.2, -0.15) is 10.2 Å². The number of rotatable bonds is 7. The van der Waals surface area contributed by atoms with Gasteiger partial charge in [-0.05, 0) is 49.1 Å². The molecule has 2 aromatic carbocycles. The topological polar surface area (TPSA) is 104 Å². The third-order valence-electron chi connectivity index (χ3n) is 5.09. The minimum atomic E-state index is 0.118. The number of aliphatic hydroxyl groups excluding tert-OH is 1. The number of aromatic nitrogens is 2. The first-order valence-electron chi connectivity index (χ1n) is 9.72. The van der Waals surface area contributed by atoms with Crippen LogP contribution in [0.25, 0.3) is 22.8 Å². The summed E-state index contributed by atoms with van der Waals surface area (Å²) in [6.07, 6.45) is 1.89. The van der Waals surface area contributed by atoms with Crippen LogP contribution in [0.5, 0.6) is 5.75 Å². The fourth-order valence-corrected chi connectivity index (χ4v) is 3.80. The predicted octanol–water partition coefficient (Wildman–Crippen LogP) is 3.24.